The van der Waals surface area contributed by atoms with E-state index in [0.717, 1.165) is 13.1 Å². The van der Waals surface area contributed by atoms with Gasteiger partial charge < -0.3 is 10.1 Å². The van der Waals surface area contributed by atoms with Crippen molar-refractivity contribution in [1.82, 2.24) is 10.2 Å². The number of nitrogens with zero attached hydrogens (tertiary/aromatic N) is 1. The normalized spacial score (nSPS) is 26.6. The summed E-state index contributed by atoms with van der Waals surface area (Å²) in [6, 6.07) is 1.41. The van der Waals surface area contributed by atoms with Crippen LogP contribution < -0.4 is 5.32 Å². The van der Waals surface area contributed by atoms with E-state index in [0.29, 0.717) is 18.6 Å². The van der Waals surface area contributed by atoms with Gasteiger partial charge in [-0.05, 0) is 41.7 Å². The lowest BCUT2D eigenvalue weighted by molar-refractivity contribution is -0.138. The summed E-state index contributed by atoms with van der Waals surface area (Å²) >= 11 is 0. The van der Waals surface area contributed by atoms with Crippen molar-refractivity contribution in [1.29, 1.82) is 0 Å². The van der Waals surface area contributed by atoms with Gasteiger partial charge in [0, 0.05) is 25.2 Å². The third-order valence-corrected chi connectivity index (χ3v) is 2.67. The van der Waals surface area contributed by atoms with Crippen molar-refractivity contribution >= 4 is 6.47 Å². The largest absolute Gasteiger partial charge is 0.462 e. The molecule has 0 amide bonds. The molecule has 0 saturated carbocycles. The zero-order valence-electron chi connectivity index (χ0n) is 11.4. The summed E-state index contributed by atoms with van der Waals surface area (Å²) in [5.74, 6) is 0. The second-order valence-electron chi connectivity index (χ2n) is 5.35. The molecule has 0 aromatic carbocycles. The average Bonchev–Trinajstić information content (AvgIpc) is 2.13. The van der Waals surface area contributed by atoms with E-state index >= 15 is 0 Å². The van der Waals surface area contributed by atoms with Crippen molar-refractivity contribution in [2.45, 2.75) is 52.3 Å². The van der Waals surface area contributed by atoms with Gasteiger partial charge in [-0.15, -0.1) is 0 Å². The van der Waals surface area contributed by atoms with Crippen LogP contribution in [0.1, 0.15) is 34.6 Å². The van der Waals surface area contributed by atoms with Gasteiger partial charge in [-0.2, -0.15) is 0 Å². The number of hydrogen-bond acceptors (Lipinski definition) is 4. The Bertz CT molecular complexity index is 192. The Morgan fingerprint density at radius 3 is 1.88 bits per heavy atom. The van der Waals surface area contributed by atoms with Crippen LogP contribution in [0.5, 0.6) is 0 Å². The molecule has 1 aliphatic heterocycles. The highest BCUT2D eigenvalue weighted by atomic mass is 16.5. The highest BCUT2D eigenvalue weighted by Gasteiger charge is 2.19. The SMILES string of the molecule is CC(C)(C)OC=O.C[C@@H]1CNC[C@H](C)N1C. The molecule has 1 heterocycles. The predicted molar refractivity (Wildman–Crippen MR) is 66.5 cm³/mol. The Balaban J connectivity index is 0.000000293. The smallest absolute Gasteiger partial charge is 0.293 e. The molecule has 0 spiro atoms. The fraction of sp³-hybridized carbons (Fsp3) is 0.917. The fourth-order valence-electron chi connectivity index (χ4n) is 1.37. The van der Waals surface area contributed by atoms with Crippen molar-refractivity contribution in [3.05, 3.63) is 0 Å². The number of likely N-dealkylation sites (N-methyl/N-ethyl adjacent to an activating group) is 1. The summed E-state index contributed by atoms with van der Waals surface area (Å²) in [4.78, 5) is 12.0. The maximum absolute atomic E-state index is 9.60. The van der Waals surface area contributed by atoms with Crippen molar-refractivity contribution in [2.75, 3.05) is 20.1 Å². The fourth-order valence-corrected chi connectivity index (χ4v) is 1.37. The molecule has 1 aliphatic rings. The molecular formula is C12H26N2O2. The molecule has 4 nitrogen and oxygen atoms in total. The summed E-state index contributed by atoms with van der Waals surface area (Å²) in [7, 11) is 2.19. The quantitative estimate of drug-likeness (QED) is 0.689. The van der Waals surface area contributed by atoms with Gasteiger partial charge in [0.05, 0.1) is 0 Å². The molecule has 1 N–H and O–H groups in total. The van der Waals surface area contributed by atoms with Crippen LogP contribution in [-0.4, -0.2) is 49.2 Å². The van der Waals surface area contributed by atoms with Crippen LogP contribution >= 0.6 is 0 Å². The van der Waals surface area contributed by atoms with Gasteiger partial charge in [0.15, 0.2) is 0 Å². The Labute approximate surface area is 99.3 Å². The van der Waals surface area contributed by atoms with Gasteiger partial charge in [-0.1, -0.05) is 0 Å². The summed E-state index contributed by atoms with van der Waals surface area (Å²) in [5, 5.41) is 3.37. The first kappa shape index (κ1) is 15.4. The summed E-state index contributed by atoms with van der Waals surface area (Å²) < 4.78 is 4.55. The molecule has 0 aromatic rings. The summed E-state index contributed by atoms with van der Waals surface area (Å²) in [5.41, 5.74) is -0.318. The van der Waals surface area contributed by atoms with Gasteiger partial charge >= 0.3 is 0 Å². The molecule has 0 aliphatic carbocycles. The minimum absolute atomic E-state index is 0.318. The standard InChI is InChI=1S/C7H16N2.C5H10O2/c1-6-4-8-5-7(2)9(6)3;1-5(2,3)7-4-6/h6-8H,4-5H2,1-3H3;4H,1-3H3/t6-,7+;. The molecule has 1 fully saturated rings. The van der Waals surface area contributed by atoms with Crippen LogP contribution in [-0.2, 0) is 9.53 Å². The molecular weight excluding hydrogens is 204 g/mol. The van der Waals surface area contributed by atoms with Crippen LogP contribution in [0.15, 0.2) is 0 Å². The van der Waals surface area contributed by atoms with Crippen LogP contribution in [0, 0.1) is 0 Å². The van der Waals surface area contributed by atoms with Crippen LogP contribution in [0.4, 0.5) is 0 Å². The number of piperazine rings is 1. The lowest BCUT2D eigenvalue weighted by Gasteiger charge is -2.36. The highest BCUT2D eigenvalue weighted by molar-refractivity contribution is 5.37. The van der Waals surface area contributed by atoms with Gasteiger partial charge in [0.1, 0.15) is 5.60 Å². The molecule has 0 aromatic heterocycles. The molecule has 16 heavy (non-hydrogen) atoms. The summed E-state index contributed by atoms with van der Waals surface area (Å²) in [6.07, 6.45) is 0. The second kappa shape index (κ2) is 6.86. The Hall–Kier alpha value is -0.610. The van der Waals surface area contributed by atoms with Gasteiger partial charge in [-0.25, -0.2) is 0 Å². The lowest BCUT2D eigenvalue weighted by atomic mass is 10.1. The number of hydrogen-bond donors (Lipinski definition) is 1. The molecule has 2 atom stereocenters. The highest BCUT2D eigenvalue weighted by Crippen LogP contribution is 2.04. The van der Waals surface area contributed by atoms with E-state index in [-0.39, 0.29) is 5.60 Å². The molecule has 0 bridgehead atoms. The van der Waals surface area contributed by atoms with E-state index in [1.54, 1.807) is 0 Å². The number of carbonyl (C=O) groups is 1. The maximum Gasteiger partial charge on any atom is 0.293 e. The van der Waals surface area contributed by atoms with Crippen molar-refractivity contribution < 1.29 is 9.53 Å². The molecule has 0 radical (unpaired) electrons. The molecule has 0 unspecified atom stereocenters. The van der Waals surface area contributed by atoms with Crippen LogP contribution in [0.3, 0.4) is 0 Å². The number of nitrogens with one attached hydrogen (secondary N) is 1. The zero-order valence-corrected chi connectivity index (χ0v) is 11.4. The van der Waals surface area contributed by atoms with Gasteiger partial charge in [-0.3, -0.25) is 9.69 Å². The van der Waals surface area contributed by atoms with Crippen molar-refractivity contribution in [3.8, 4) is 0 Å². The minimum atomic E-state index is -0.318. The lowest BCUT2D eigenvalue weighted by Crippen LogP contribution is -2.52. The number of rotatable bonds is 1. The minimum Gasteiger partial charge on any atom is -0.462 e. The average molecular weight is 230 g/mol. The van der Waals surface area contributed by atoms with Crippen molar-refractivity contribution in [3.63, 3.8) is 0 Å². The van der Waals surface area contributed by atoms with E-state index in [1.807, 2.05) is 20.8 Å². The molecule has 4 heteroatoms. The first-order valence-corrected chi connectivity index (χ1v) is 5.82. The first-order chi connectivity index (χ1) is 7.28. The second-order valence-corrected chi connectivity index (χ2v) is 5.35. The Morgan fingerprint density at radius 1 is 1.25 bits per heavy atom. The number of ether oxygens (including phenoxy) is 1. The Kier molecular flexibility index (Phi) is 6.60. The summed E-state index contributed by atoms with van der Waals surface area (Å²) in [6.45, 7) is 12.7. The van der Waals surface area contributed by atoms with E-state index in [4.69, 9.17) is 0 Å². The maximum atomic E-state index is 9.60. The third-order valence-electron chi connectivity index (χ3n) is 2.67. The van der Waals surface area contributed by atoms with E-state index in [9.17, 15) is 4.79 Å². The van der Waals surface area contributed by atoms with Crippen molar-refractivity contribution in [2.24, 2.45) is 0 Å². The third kappa shape index (κ3) is 6.80. The van der Waals surface area contributed by atoms with E-state index < -0.39 is 0 Å². The predicted octanol–water partition coefficient (Wildman–Crippen LogP) is 1.26. The Morgan fingerprint density at radius 2 is 1.69 bits per heavy atom. The van der Waals surface area contributed by atoms with Gasteiger partial charge in [0.25, 0.3) is 6.47 Å². The van der Waals surface area contributed by atoms with Crippen LogP contribution in [0.25, 0.3) is 0 Å². The number of carbonyl (C=O) groups excluding carboxylic acids is 1. The molecule has 96 valence electrons. The van der Waals surface area contributed by atoms with E-state index in [1.165, 1.54) is 0 Å². The molecule has 1 saturated heterocycles. The first-order valence-electron chi connectivity index (χ1n) is 5.82. The topological polar surface area (TPSA) is 41.6 Å². The molecule has 1 rings (SSSR count). The van der Waals surface area contributed by atoms with Crippen LogP contribution in [0.2, 0.25) is 0 Å². The van der Waals surface area contributed by atoms with Gasteiger partial charge in [0.2, 0.25) is 0 Å². The van der Waals surface area contributed by atoms with E-state index in [2.05, 4.69) is 35.8 Å². The zero-order chi connectivity index (χ0) is 12.8. The monoisotopic (exact) mass is 230 g/mol.